The molecule has 2 aliphatic rings. The highest BCUT2D eigenvalue weighted by atomic mass is 16.4. The minimum Gasteiger partial charge on any atom is -0.478 e. The summed E-state index contributed by atoms with van der Waals surface area (Å²) >= 11 is 0. The van der Waals surface area contributed by atoms with Crippen LogP contribution in [0.15, 0.2) is 18.3 Å². The molecule has 128 valence electrons. The van der Waals surface area contributed by atoms with Gasteiger partial charge in [0.25, 0.3) is 0 Å². The van der Waals surface area contributed by atoms with Crippen molar-refractivity contribution in [3.8, 4) is 0 Å². The Hall–Kier alpha value is -2.97. The normalized spacial score (nSPS) is 16.1. The number of carboxylic acid groups (broad SMARTS) is 2. The first-order valence-corrected chi connectivity index (χ1v) is 7.40. The van der Waals surface area contributed by atoms with Crippen molar-refractivity contribution in [2.24, 2.45) is 0 Å². The molecule has 24 heavy (non-hydrogen) atoms. The third kappa shape index (κ3) is 4.28. The average Bonchev–Trinajstić information content (AvgIpc) is 3.15. The van der Waals surface area contributed by atoms with Crippen molar-refractivity contribution >= 4 is 29.6 Å². The molecular weight excluding hydrogens is 316 g/mol. The highest BCUT2D eigenvalue weighted by Crippen LogP contribution is 2.27. The number of aliphatic carboxylic acids is 2. The first-order chi connectivity index (χ1) is 11.4. The Morgan fingerprint density at radius 2 is 1.75 bits per heavy atom. The summed E-state index contributed by atoms with van der Waals surface area (Å²) in [5.41, 5.74) is 0.940. The highest BCUT2D eigenvalue weighted by molar-refractivity contribution is 5.99. The molecule has 1 saturated heterocycles. The van der Waals surface area contributed by atoms with Gasteiger partial charge < -0.3 is 15.1 Å². The molecule has 1 amide bonds. The van der Waals surface area contributed by atoms with Crippen molar-refractivity contribution in [2.75, 3.05) is 29.9 Å². The molecule has 2 aliphatic heterocycles. The van der Waals surface area contributed by atoms with Gasteiger partial charge in [-0.05, 0) is 12.8 Å². The molecular formula is C15H18N4O5. The lowest BCUT2D eigenvalue weighted by Gasteiger charge is -2.16. The molecule has 0 saturated carbocycles. The van der Waals surface area contributed by atoms with Gasteiger partial charge in [-0.25, -0.2) is 14.6 Å². The first kappa shape index (κ1) is 17.4. The zero-order valence-corrected chi connectivity index (χ0v) is 13.2. The number of aromatic nitrogens is 2. The fourth-order valence-corrected chi connectivity index (χ4v) is 2.42. The number of hydrogen-bond donors (Lipinski definition) is 2. The Kier molecular flexibility index (Phi) is 5.46. The molecule has 1 fully saturated rings. The minimum atomic E-state index is -1.26. The number of carbonyl (C=O) groups is 3. The molecule has 1 aromatic heterocycles. The zero-order chi connectivity index (χ0) is 17.7. The van der Waals surface area contributed by atoms with E-state index >= 15 is 0 Å². The smallest absolute Gasteiger partial charge is 0.328 e. The van der Waals surface area contributed by atoms with Gasteiger partial charge in [0, 0.05) is 44.0 Å². The van der Waals surface area contributed by atoms with Crippen molar-refractivity contribution in [1.29, 1.82) is 0 Å². The summed E-state index contributed by atoms with van der Waals surface area (Å²) in [6, 6.07) is 0. The van der Waals surface area contributed by atoms with Crippen LogP contribution in [0.4, 0.5) is 11.8 Å². The number of hydrogen-bond acceptors (Lipinski definition) is 6. The van der Waals surface area contributed by atoms with Gasteiger partial charge in [0.15, 0.2) is 0 Å². The quantitative estimate of drug-likeness (QED) is 0.757. The maximum Gasteiger partial charge on any atom is 0.328 e. The third-order valence-corrected chi connectivity index (χ3v) is 3.62. The van der Waals surface area contributed by atoms with Crippen LogP contribution in [-0.4, -0.2) is 58.2 Å². The Balaban J connectivity index is 0.000000224. The van der Waals surface area contributed by atoms with E-state index in [9.17, 15) is 14.4 Å². The van der Waals surface area contributed by atoms with Crippen LogP contribution in [0.3, 0.4) is 0 Å². The van der Waals surface area contributed by atoms with Gasteiger partial charge in [-0.15, -0.1) is 0 Å². The van der Waals surface area contributed by atoms with Gasteiger partial charge in [-0.3, -0.25) is 9.69 Å². The standard InChI is InChI=1S/C11H14N4O.C4H4O4/c1-14-9(16)6-8-7-12-11(13-10(8)14)15-4-2-3-5-15;5-3(6)1-2-4(7)8/h7H,2-6H2,1H3;1-2H,(H,5,6)(H,7,8)/b;2-1+. The average molecular weight is 334 g/mol. The molecule has 0 bridgehead atoms. The van der Waals surface area contributed by atoms with Crippen molar-refractivity contribution in [3.63, 3.8) is 0 Å². The van der Waals surface area contributed by atoms with Crippen LogP contribution in [0.5, 0.6) is 0 Å². The van der Waals surface area contributed by atoms with Crippen LogP contribution < -0.4 is 9.80 Å². The molecule has 0 atom stereocenters. The van der Waals surface area contributed by atoms with E-state index in [1.165, 1.54) is 12.8 Å². The number of carbonyl (C=O) groups excluding carboxylic acids is 1. The highest BCUT2D eigenvalue weighted by Gasteiger charge is 2.27. The van der Waals surface area contributed by atoms with Crippen molar-refractivity contribution in [2.45, 2.75) is 19.3 Å². The Morgan fingerprint density at radius 1 is 1.17 bits per heavy atom. The number of rotatable bonds is 3. The molecule has 2 N–H and O–H groups in total. The number of fused-ring (bicyclic) bond motifs is 1. The first-order valence-electron chi connectivity index (χ1n) is 7.40. The lowest BCUT2D eigenvalue weighted by atomic mass is 10.3. The monoisotopic (exact) mass is 334 g/mol. The maximum atomic E-state index is 11.5. The number of nitrogens with zero attached hydrogens (tertiary/aromatic N) is 4. The molecule has 0 radical (unpaired) electrons. The van der Waals surface area contributed by atoms with Crippen LogP contribution in [0, 0.1) is 0 Å². The fraction of sp³-hybridized carbons (Fsp3) is 0.400. The van der Waals surface area contributed by atoms with Crippen molar-refractivity contribution in [3.05, 3.63) is 23.9 Å². The topological polar surface area (TPSA) is 124 Å². The molecule has 0 aromatic carbocycles. The zero-order valence-electron chi connectivity index (χ0n) is 13.2. The second kappa shape index (κ2) is 7.53. The Morgan fingerprint density at radius 3 is 2.29 bits per heavy atom. The molecule has 1 aromatic rings. The molecule has 0 aliphatic carbocycles. The number of amides is 1. The second-order valence-electron chi connectivity index (χ2n) is 5.35. The van der Waals surface area contributed by atoms with E-state index < -0.39 is 11.9 Å². The summed E-state index contributed by atoms with van der Waals surface area (Å²) in [7, 11) is 1.77. The van der Waals surface area contributed by atoms with Crippen molar-refractivity contribution in [1.82, 2.24) is 9.97 Å². The van der Waals surface area contributed by atoms with E-state index in [0.29, 0.717) is 18.6 Å². The van der Waals surface area contributed by atoms with Crippen LogP contribution in [0.25, 0.3) is 0 Å². The van der Waals surface area contributed by atoms with Gasteiger partial charge >= 0.3 is 11.9 Å². The van der Waals surface area contributed by atoms with Crippen LogP contribution in [0.2, 0.25) is 0 Å². The van der Waals surface area contributed by atoms with E-state index in [1.807, 2.05) is 0 Å². The summed E-state index contributed by atoms with van der Waals surface area (Å²) in [6.07, 6.45) is 5.75. The second-order valence-corrected chi connectivity index (χ2v) is 5.35. The van der Waals surface area contributed by atoms with Gasteiger partial charge in [0.1, 0.15) is 5.82 Å². The summed E-state index contributed by atoms with van der Waals surface area (Å²) < 4.78 is 0. The van der Waals surface area contributed by atoms with Gasteiger partial charge in [-0.2, -0.15) is 4.98 Å². The predicted molar refractivity (Wildman–Crippen MR) is 85.0 cm³/mol. The number of carboxylic acids is 2. The molecule has 0 unspecified atom stereocenters. The van der Waals surface area contributed by atoms with Crippen LogP contribution in [-0.2, 0) is 20.8 Å². The number of anilines is 2. The van der Waals surface area contributed by atoms with Gasteiger partial charge in [-0.1, -0.05) is 0 Å². The van der Waals surface area contributed by atoms with E-state index in [1.54, 1.807) is 18.1 Å². The summed E-state index contributed by atoms with van der Waals surface area (Å²) in [6.45, 7) is 2.05. The van der Waals surface area contributed by atoms with Gasteiger partial charge in [0.05, 0.1) is 6.42 Å². The van der Waals surface area contributed by atoms with E-state index in [2.05, 4.69) is 14.9 Å². The fourth-order valence-electron chi connectivity index (χ4n) is 2.42. The van der Waals surface area contributed by atoms with E-state index in [0.717, 1.165) is 30.4 Å². The molecule has 3 heterocycles. The molecule has 3 rings (SSSR count). The lowest BCUT2D eigenvalue weighted by molar-refractivity contribution is -0.134. The summed E-state index contributed by atoms with van der Waals surface area (Å²) in [5, 5.41) is 15.6. The maximum absolute atomic E-state index is 11.5. The van der Waals surface area contributed by atoms with Crippen molar-refractivity contribution < 1.29 is 24.6 Å². The van der Waals surface area contributed by atoms with E-state index in [-0.39, 0.29) is 5.91 Å². The third-order valence-electron chi connectivity index (χ3n) is 3.62. The van der Waals surface area contributed by atoms with Crippen LogP contribution >= 0.6 is 0 Å². The molecule has 0 spiro atoms. The molecule has 9 nitrogen and oxygen atoms in total. The number of likely N-dealkylation sites (N-methyl/N-ethyl adjacent to an activating group) is 1. The lowest BCUT2D eigenvalue weighted by Crippen LogP contribution is -2.24. The summed E-state index contributed by atoms with van der Waals surface area (Å²) in [4.78, 5) is 43.2. The Bertz CT molecular complexity index is 666. The van der Waals surface area contributed by atoms with E-state index in [4.69, 9.17) is 10.2 Å². The van der Waals surface area contributed by atoms with Gasteiger partial charge in [0.2, 0.25) is 11.9 Å². The molecule has 9 heteroatoms. The largest absolute Gasteiger partial charge is 0.478 e. The van der Waals surface area contributed by atoms with Crippen LogP contribution in [0.1, 0.15) is 18.4 Å². The minimum absolute atomic E-state index is 0.0999. The Labute approximate surface area is 138 Å². The summed E-state index contributed by atoms with van der Waals surface area (Å²) in [5.74, 6) is -0.873. The SMILES string of the molecule is CN1C(=O)Cc2cnc(N3CCCC3)nc21.O=C(O)/C=C/C(=O)O. The predicted octanol–water partition coefficient (Wildman–Crippen LogP) is 0.307.